The van der Waals surface area contributed by atoms with Crippen LogP contribution in [-0.2, 0) is 9.53 Å². The lowest BCUT2D eigenvalue weighted by molar-refractivity contribution is -0.142. The van der Waals surface area contributed by atoms with Crippen LogP contribution in [0.15, 0.2) is 40.6 Å². The van der Waals surface area contributed by atoms with Crippen LogP contribution in [0.2, 0.25) is 0 Å². The van der Waals surface area contributed by atoms with E-state index in [9.17, 15) is 4.79 Å². The molecule has 1 rings (SSSR count). The molecule has 1 atom stereocenters. The van der Waals surface area contributed by atoms with Gasteiger partial charge in [0.15, 0.2) is 5.37 Å². The van der Waals surface area contributed by atoms with E-state index in [2.05, 4.69) is 10.5 Å². The molecule has 0 aliphatic carbocycles. The number of hydrogen-bond acceptors (Lipinski definition) is 5. The Balaban J connectivity index is 2.74. The molecule has 4 nitrogen and oxygen atoms in total. The van der Waals surface area contributed by atoms with Crippen molar-refractivity contribution in [1.82, 2.24) is 5.43 Å². The van der Waals surface area contributed by atoms with Crippen LogP contribution in [0.5, 0.6) is 0 Å². The van der Waals surface area contributed by atoms with Gasteiger partial charge in [-0.15, -0.1) is 0 Å². The quantitative estimate of drug-likeness (QED) is 0.621. The van der Waals surface area contributed by atoms with Crippen molar-refractivity contribution in [3.8, 4) is 0 Å². The lowest BCUT2D eigenvalue weighted by Crippen LogP contribution is -2.28. The molecule has 0 amide bonds. The largest absolute Gasteiger partial charge is 0.464 e. The van der Waals surface area contributed by atoms with E-state index in [1.54, 1.807) is 6.92 Å². The Morgan fingerprint density at radius 2 is 2.26 bits per heavy atom. The van der Waals surface area contributed by atoms with Gasteiger partial charge in [-0.1, -0.05) is 36.1 Å². The molecule has 19 heavy (non-hydrogen) atoms. The number of nitrogens with zero attached hydrogens (tertiary/aromatic N) is 1. The molecule has 1 N–H and O–H groups in total. The van der Waals surface area contributed by atoms with Gasteiger partial charge in [-0.05, 0) is 33.3 Å². The molecule has 0 saturated carbocycles. The van der Waals surface area contributed by atoms with E-state index in [4.69, 9.17) is 4.74 Å². The van der Waals surface area contributed by atoms with E-state index < -0.39 is 5.37 Å². The molecule has 0 fully saturated rings. The summed E-state index contributed by atoms with van der Waals surface area (Å²) >= 11 is 1.38. The maximum Gasteiger partial charge on any atom is 0.341 e. The third-order valence-corrected chi connectivity index (χ3v) is 3.56. The summed E-state index contributed by atoms with van der Waals surface area (Å²) in [6.07, 6.45) is 7.97. The number of hydrazone groups is 1. The SMILES string of the molecule is C\C=C/C=C(C)\C(=C/C)C1=NNC(C(=O)OCC)S1. The van der Waals surface area contributed by atoms with Crippen molar-refractivity contribution < 1.29 is 9.53 Å². The molecule has 104 valence electrons. The first-order chi connectivity index (χ1) is 9.13. The molecular weight excluding hydrogens is 260 g/mol. The number of esters is 1. The molecule has 0 aromatic rings. The maximum atomic E-state index is 11.6. The number of carbonyl (C=O) groups excluding carboxylic acids is 1. The summed E-state index contributed by atoms with van der Waals surface area (Å²) in [6, 6.07) is 0. The minimum absolute atomic E-state index is 0.281. The molecule has 0 saturated heterocycles. The van der Waals surface area contributed by atoms with E-state index >= 15 is 0 Å². The number of hydrogen-bond donors (Lipinski definition) is 1. The second-order valence-corrected chi connectivity index (χ2v) is 4.97. The second-order valence-electron chi connectivity index (χ2n) is 3.87. The van der Waals surface area contributed by atoms with Gasteiger partial charge in [0.05, 0.1) is 6.61 Å². The van der Waals surface area contributed by atoms with Gasteiger partial charge in [-0.25, -0.2) is 4.79 Å². The van der Waals surface area contributed by atoms with Crippen LogP contribution < -0.4 is 5.43 Å². The third kappa shape index (κ3) is 4.28. The Kier molecular flexibility index (Phi) is 6.42. The number of carbonyl (C=O) groups is 1. The number of allylic oxidation sites excluding steroid dienone is 5. The topological polar surface area (TPSA) is 50.7 Å². The van der Waals surface area contributed by atoms with Gasteiger partial charge in [-0.3, -0.25) is 5.43 Å². The molecule has 1 aliphatic heterocycles. The first-order valence-corrected chi connectivity index (χ1v) is 7.15. The molecule has 0 radical (unpaired) electrons. The van der Waals surface area contributed by atoms with Crippen LogP contribution in [-0.4, -0.2) is 23.0 Å². The van der Waals surface area contributed by atoms with Gasteiger partial charge in [0.1, 0.15) is 5.04 Å². The van der Waals surface area contributed by atoms with E-state index in [1.165, 1.54) is 11.8 Å². The predicted molar refractivity (Wildman–Crippen MR) is 80.9 cm³/mol. The molecule has 1 aliphatic rings. The number of thioether (sulfide) groups is 1. The Hall–Kier alpha value is -1.49. The Morgan fingerprint density at radius 3 is 2.84 bits per heavy atom. The lowest BCUT2D eigenvalue weighted by Gasteiger charge is -2.08. The summed E-state index contributed by atoms with van der Waals surface area (Å²) in [5, 5.41) is 4.59. The zero-order valence-corrected chi connectivity index (χ0v) is 12.6. The van der Waals surface area contributed by atoms with Gasteiger partial charge < -0.3 is 4.74 Å². The van der Waals surface area contributed by atoms with E-state index in [-0.39, 0.29) is 5.97 Å². The van der Waals surface area contributed by atoms with Crippen molar-refractivity contribution in [3.05, 3.63) is 35.5 Å². The summed E-state index contributed by atoms with van der Waals surface area (Å²) in [4.78, 5) is 11.6. The summed E-state index contributed by atoms with van der Waals surface area (Å²) in [6.45, 7) is 8.13. The fourth-order valence-electron chi connectivity index (χ4n) is 1.57. The molecule has 5 heteroatoms. The van der Waals surface area contributed by atoms with Gasteiger partial charge in [0, 0.05) is 5.57 Å². The average Bonchev–Trinajstić information content (AvgIpc) is 2.87. The summed E-state index contributed by atoms with van der Waals surface area (Å²) in [5.41, 5.74) is 4.95. The molecule has 0 spiro atoms. The fourth-order valence-corrected chi connectivity index (χ4v) is 2.58. The fraction of sp³-hybridized carbons (Fsp3) is 0.429. The van der Waals surface area contributed by atoms with Crippen LogP contribution in [0, 0.1) is 0 Å². The van der Waals surface area contributed by atoms with Gasteiger partial charge in [0.25, 0.3) is 0 Å². The van der Waals surface area contributed by atoms with Crippen molar-refractivity contribution in [2.45, 2.75) is 33.1 Å². The van der Waals surface area contributed by atoms with Gasteiger partial charge >= 0.3 is 5.97 Å². The molecule has 1 heterocycles. The van der Waals surface area contributed by atoms with Crippen molar-refractivity contribution in [2.75, 3.05) is 6.61 Å². The summed E-state index contributed by atoms with van der Waals surface area (Å²) in [5.74, 6) is -0.281. The molecule has 0 aromatic heterocycles. The Labute approximate surface area is 118 Å². The normalized spacial score (nSPS) is 20.4. The smallest absolute Gasteiger partial charge is 0.341 e. The number of nitrogens with one attached hydrogen (secondary N) is 1. The van der Waals surface area contributed by atoms with Crippen molar-refractivity contribution in [2.24, 2.45) is 5.10 Å². The van der Waals surface area contributed by atoms with Crippen LogP contribution in [0.1, 0.15) is 27.7 Å². The maximum absolute atomic E-state index is 11.6. The zero-order chi connectivity index (χ0) is 14.3. The first-order valence-electron chi connectivity index (χ1n) is 6.27. The van der Waals surface area contributed by atoms with Crippen molar-refractivity contribution >= 4 is 22.8 Å². The molecule has 0 bridgehead atoms. The number of ether oxygens (including phenoxy) is 1. The highest BCUT2D eigenvalue weighted by Gasteiger charge is 2.29. The van der Waals surface area contributed by atoms with E-state index in [0.717, 1.165) is 16.2 Å². The Morgan fingerprint density at radius 1 is 1.53 bits per heavy atom. The standard InChI is InChI=1S/C14H20N2O2S/c1-5-8-9-10(4)11(6-2)12-15-16-13(19-12)14(17)18-7-3/h5-6,8-9,13,16H,7H2,1-4H3/b8-5-,10-9-,11-6+. The van der Waals surface area contributed by atoms with E-state index in [0.29, 0.717) is 6.61 Å². The van der Waals surface area contributed by atoms with Crippen LogP contribution in [0.25, 0.3) is 0 Å². The van der Waals surface area contributed by atoms with Gasteiger partial charge in [-0.2, -0.15) is 5.10 Å². The highest BCUT2D eigenvalue weighted by atomic mass is 32.2. The summed E-state index contributed by atoms with van der Waals surface area (Å²) < 4.78 is 4.97. The molecular formula is C14H20N2O2S. The van der Waals surface area contributed by atoms with Crippen LogP contribution in [0.4, 0.5) is 0 Å². The third-order valence-electron chi connectivity index (χ3n) is 2.50. The minimum atomic E-state index is -0.445. The van der Waals surface area contributed by atoms with Crippen LogP contribution in [0.3, 0.4) is 0 Å². The summed E-state index contributed by atoms with van der Waals surface area (Å²) in [7, 11) is 0. The highest BCUT2D eigenvalue weighted by molar-refractivity contribution is 8.15. The number of rotatable bonds is 5. The first kappa shape index (κ1) is 15.6. The minimum Gasteiger partial charge on any atom is -0.464 e. The lowest BCUT2D eigenvalue weighted by atomic mass is 10.1. The van der Waals surface area contributed by atoms with Crippen molar-refractivity contribution in [1.29, 1.82) is 0 Å². The van der Waals surface area contributed by atoms with Crippen LogP contribution >= 0.6 is 11.8 Å². The monoisotopic (exact) mass is 280 g/mol. The highest BCUT2D eigenvalue weighted by Crippen LogP contribution is 2.27. The molecule has 1 unspecified atom stereocenters. The average molecular weight is 280 g/mol. The Bertz CT molecular complexity index is 450. The van der Waals surface area contributed by atoms with E-state index in [1.807, 2.05) is 45.1 Å². The second kappa shape index (κ2) is 7.84. The zero-order valence-electron chi connectivity index (χ0n) is 11.8. The van der Waals surface area contributed by atoms with Crippen molar-refractivity contribution in [3.63, 3.8) is 0 Å². The predicted octanol–water partition coefficient (Wildman–Crippen LogP) is 2.99. The van der Waals surface area contributed by atoms with Gasteiger partial charge in [0.2, 0.25) is 0 Å². The molecule has 0 aromatic carbocycles.